The van der Waals surface area contributed by atoms with Crippen molar-refractivity contribution in [3.63, 3.8) is 0 Å². The van der Waals surface area contributed by atoms with E-state index in [0.717, 1.165) is 5.56 Å². The van der Waals surface area contributed by atoms with Crippen molar-refractivity contribution in [1.29, 1.82) is 0 Å². The minimum Gasteiger partial charge on any atom is -0.506 e. The van der Waals surface area contributed by atoms with Crippen molar-refractivity contribution in [2.75, 3.05) is 0 Å². The number of phenolic OH excluding ortho intramolecular Hbond substituents is 1. The van der Waals surface area contributed by atoms with Crippen LogP contribution in [0.1, 0.15) is 18.5 Å². The smallest absolute Gasteiger partial charge is 0.134 e. The lowest BCUT2D eigenvalue weighted by Gasteiger charge is -2.05. The van der Waals surface area contributed by atoms with Crippen LogP contribution < -0.4 is 5.73 Å². The average Bonchev–Trinajstić information content (AvgIpc) is 1.94. The van der Waals surface area contributed by atoms with Gasteiger partial charge in [0.15, 0.2) is 0 Å². The van der Waals surface area contributed by atoms with Gasteiger partial charge < -0.3 is 10.8 Å². The van der Waals surface area contributed by atoms with Crippen molar-refractivity contribution in [2.24, 2.45) is 5.73 Å². The number of rotatable bonds is 1. The minimum absolute atomic E-state index is 0.0711. The molecule has 3 N–H and O–H groups in total. The van der Waals surface area contributed by atoms with E-state index in [1.807, 2.05) is 6.92 Å². The van der Waals surface area contributed by atoms with Crippen LogP contribution in [0.25, 0.3) is 0 Å². The average molecular weight is 172 g/mol. The highest BCUT2D eigenvalue weighted by atomic mass is 35.5. The molecule has 0 radical (unpaired) electrons. The highest BCUT2D eigenvalue weighted by Gasteiger charge is 2.02. The molecule has 0 saturated heterocycles. The summed E-state index contributed by atoms with van der Waals surface area (Å²) in [5.41, 5.74) is 6.46. The Kier molecular flexibility index (Phi) is 2.37. The van der Waals surface area contributed by atoms with Crippen molar-refractivity contribution >= 4 is 11.6 Å². The Bertz CT molecular complexity index is 260. The molecule has 1 aromatic carbocycles. The van der Waals surface area contributed by atoms with Gasteiger partial charge in [-0.3, -0.25) is 0 Å². The molecule has 1 rings (SSSR count). The molecular weight excluding hydrogens is 162 g/mol. The number of aromatic hydroxyl groups is 1. The topological polar surface area (TPSA) is 46.2 Å². The summed E-state index contributed by atoms with van der Waals surface area (Å²) in [6.07, 6.45) is 0. The molecule has 0 amide bonds. The molecule has 2 nitrogen and oxygen atoms in total. The highest BCUT2D eigenvalue weighted by Crippen LogP contribution is 2.25. The Balaban J connectivity index is 3.05. The molecule has 0 aliphatic rings. The van der Waals surface area contributed by atoms with Crippen LogP contribution in [0.15, 0.2) is 18.2 Å². The van der Waals surface area contributed by atoms with Gasteiger partial charge in [-0.1, -0.05) is 17.7 Å². The quantitative estimate of drug-likeness (QED) is 0.680. The summed E-state index contributed by atoms with van der Waals surface area (Å²) in [6.45, 7) is 1.85. The molecule has 0 saturated carbocycles. The van der Waals surface area contributed by atoms with Crippen LogP contribution in [-0.2, 0) is 0 Å². The molecule has 11 heavy (non-hydrogen) atoms. The molecule has 1 unspecified atom stereocenters. The summed E-state index contributed by atoms with van der Waals surface area (Å²) < 4.78 is 0. The van der Waals surface area contributed by atoms with Crippen molar-refractivity contribution in [3.8, 4) is 5.75 Å². The number of phenols is 1. The van der Waals surface area contributed by atoms with Crippen molar-refractivity contribution in [2.45, 2.75) is 13.0 Å². The number of nitrogens with two attached hydrogens (primary N) is 1. The fraction of sp³-hybridized carbons (Fsp3) is 0.250. The van der Waals surface area contributed by atoms with Crippen LogP contribution in [0.5, 0.6) is 5.75 Å². The lowest BCUT2D eigenvalue weighted by atomic mass is 10.1. The maximum Gasteiger partial charge on any atom is 0.134 e. The van der Waals surface area contributed by atoms with Gasteiger partial charge >= 0.3 is 0 Å². The van der Waals surface area contributed by atoms with Gasteiger partial charge in [0.2, 0.25) is 0 Å². The third-order valence-electron chi connectivity index (χ3n) is 1.50. The largest absolute Gasteiger partial charge is 0.506 e. The summed E-state index contributed by atoms with van der Waals surface area (Å²) in [4.78, 5) is 0. The Labute approximate surface area is 70.6 Å². The standard InChI is InChI=1S/C8H10ClNO/c1-5(10)6-2-3-7(9)8(11)4-6/h2-5,11H,10H2,1H3. The predicted molar refractivity (Wildman–Crippen MR) is 45.7 cm³/mol. The molecule has 1 atom stereocenters. The van der Waals surface area contributed by atoms with E-state index in [-0.39, 0.29) is 11.8 Å². The lowest BCUT2D eigenvalue weighted by Crippen LogP contribution is -2.04. The van der Waals surface area contributed by atoms with Gasteiger partial charge in [0.25, 0.3) is 0 Å². The molecule has 0 spiro atoms. The molecular formula is C8H10ClNO. The van der Waals surface area contributed by atoms with Gasteiger partial charge in [0.1, 0.15) is 5.75 Å². The first-order valence-corrected chi connectivity index (χ1v) is 3.73. The number of benzene rings is 1. The fourth-order valence-electron chi connectivity index (χ4n) is 0.813. The third kappa shape index (κ3) is 1.85. The first-order valence-electron chi connectivity index (χ1n) is 3.35. The van der Waals surface area contributed by atoms with Gasteiger partial charge in [0.05, 0.1) is 5.02 Å². The highest BCUT2D eigenvalue weighted by molar-refractivity contribution is 6.31. The van der Waals surface area contributed by atoms with Crippen LogP contribution in [0, 0.1) is 0 Å². The lowest BCUT2D eigenvalue weighted by molar-refractivity contribution is 0.474. The molecule has 0 fully saturated rings. The zero-order valence-corrected chi connectivity index (χ0v) is 6.97. The Hall–Kier alpha value is -0.730. The van der Waals surface area contributed by atoms with Crippen LogP contribution in [-0.4, -0.2) is 5.11 Å². The zero-order chi connectivity index (χ0) is 8.43. The van der Waals surface area contributed by atoms with E-state index in [4.69, 9.17) is 22.4 Å². The zero-order valence-electron chi connectivity index (χ0n) is 6.21. The SMILES string of the molecule is CC(N)c1ccc(Cl)c(O)c1. The van der Waals surface area contributed by atoms with Crippen LogP contribution in [0.3, 0.4) is 0 Å². The Morgan fingerprint density at radius 3 is 2.64 bits per heavy atom. The van der Waals surface area contributed by atoms with Crippen LogP contribution >= 0.6 is 11.6 Å². The van der Waals surface area contributed by atoms with Gasteiger partial charge in [-0.25, -0.2) is 0 Å². The fourth-order valence-corrected chi connectivity index (χ4v) is 0.930. The Morgan fingerprint density at radius 2 is 2.18 bits per heavy atom. The van der Waals surface area contributed by atoms with E-state index < -0.39 is 0 Å². The molecule has 60 valence electrons. The first kappa shape index (κ1) is 8.37. The maximum absolute atomic E-state index is 9.16. The molecule has 0 aromatic heterocycles. The molecule has 0 heterocycles. The van der Waals surface area contributed by atoms with Crippen molar-refractivity contribution < 1.29 is 5.11 Å². The maximum atomic E-state index is 9.16. The van der Waals surface area contributed by atoms with E-state index in [1.54, 1.807) is 18.2 Å². The summed E-state index contributed by atoms with van der Waals surface area (Å²) in [5.74, 6) is 0.0847. The monoisotopic (exact) mass is 171 g/mol. The van der Waals surface area contributed by atoms with Crippen molar-refractivity contribution in [3.05, 3.63) is 28.8 Å². The molecule has 0 aliphatic carbocycles. The number of hydrogen-bond acceptors (Lipinski definition) is 2. The van der Waals surface area contributed by atoms with Crippen molar-refractivity contribution in [1.82, 2.24) is 0 Å². The summed E-state index contributed by atoms with van der Waals surface area (Å²) in [6, 6.07) is 4.94. The molecule has 0 bridgehead atoms. The second-order valence-electron chi connectivity index (χ2n) is 2.50. The Morgan fingerprint density at radius 1 is 1.55 bits per heavy atom. The van der Waals surface area contributed by atoms with E-state index >= 15 is 0 Å². The van der Waals surface area contributed by atoms with Gasteiger partial charge in [-0.2, -0.15) is 0 Å². The third-order valence-corrected chi connectivity index (χ3v) is 1.82. The summed E-state index contributed by atoms with van der Waals surface area (Å²) in [5, 5.41) is 9.52. The molecule has 1 aromatic rings. The van der Waals surface area contributed by atoms with Crippen LogP contribution in [0.2, 0.25) is 5.02 Å². The van der Waals surface area contributed by atoms with Gasteiger partial charge in [-0.05, 0) is 24.6 Å². The second kappa shape index (κ2) is 3.11. The van der Waals surface area contributed by atoms with Gasteiger partial charge in [-0.15, -0.1) is 0 Å². The molecule has 3 heteroatoms. The predicted octanol–water partition coefficient (Wildman–Crippen LogP) is 2.07. The summed E-state index contributed by atoms with van der Waals surface area (Å²) >= 11 is 5.59. The number of halogens is 1. The van der Waals surface area contributed by atoms with E-state index in [0.29, 0.717) is 5.02 Å². The summed E-state index contributed by atoms with van der Waals surface area (Å²) in [7, 11) is 0. The van der Waals surface area contributed by atoms with E-state index in [2.05, 4.69) is 0 Å². The molecule has 0 aliphatic heterocycles. The van der Waals surface area contributed by atoms with Gasteiger partial charge in [0, 0.05) is 6.04 Å². The minimum atomic E-state index is -0.0711. The number of hydrogen-bond donors (Lipinski definition) is 2. The van der Waals surface area contributed by atoms with Crippen LogP contribution in [0.4, 0.5) is 0 Å². The van der Waals surface area contributed by atoms with E-state index in [9.17, 15) is 0 Å². The normalized spacial score (nSPS) is 13.0. The van der Waals surface area contributed by atoms with E-state index in [1.165, 1.54) is 0 Å². The first-order chi connectivity index (χ1) is 5.11. The second-order valence-corrected chi connectivity index (χ2v) is 2.91.